The van der Waals surface area contributed by atoms with Crippen LogP contribution in [0.3, 0.4) is 0 Å². The van der Waals surface area contributed by atoms with Crippen molar-refractivity contribution in [2.24, 2.45) is 0 Å². The number of halogens is 1. The first-order valence-corrected chi connectivity index (χ1v) is 3.87. The number of amides is 1. The van der Waals surface area contributed by atoms with Gasteiger partial charge in [0, 0.05) is 19.5 Å². The van der Waals surface area contributed by atoms with Crippen LogP contribution >= 0.6 is 11.6 Å². The standard InChI is InChI=1S/C7H8ClN3O2/c1-13-4-5(12)11-7-6(8)9-2-3-10-7/h2-3H,4H2,1H3,(H,10,11,12). The first kappa shape index (κ1) is 9.88. The minimum absolute atomic E-state index is 0.0348. The van der Waals surface area contributed by atoms with Crippen LogP contribution in [0.25, 0.3) is 0 Å². The molecule has 0 aliphatic rings. The average Bonchev–Trinajstić information content (AvgIpc) is 2.09. The Kier molecular flexibility index (Phi) is 3.60. The number of methoxy groups -OCH3 is 1. The third-order valence-electron chi connectivity index (χ3n) is 1.19. The predicted octanol–water partition coefficient (Wildman–Crippen LogP) is 0.715. The summed E-state index contributed by atoms with van der Waals surface area (Å²) in [6.07, 6.45) is 2.88. The van der Waals surface area contributed by atoms with Gasteiger partial charge in [0.25, 0.3) is 5.91 Å². The van der Waals surface area contributed by atoms with Gasteiger partial charge in [-0.25, -0.2) is 9.97 Å². The van der Waals surface area contributed by atoms with Crippen LogP contribution in [0, 0.1) is 0 Å². The lowest BCUT2D eigenvalue weighted by atomic mass is 10.6. The van der Waals surface area contributed by atoms with Crippen molar-refractivity contribution in [1.82, 2.24) is 9.97 Å². The second-order valence-corrected chi connectivity index (χ2v) is 2.53. The second kappa shape index (κ2) is 4.74. The minimum atomic E-state index is -0.315. The van der Waals surface area contributed by atoms with E-state index in [1.807, 2.05) is 0 Å². The summed E-state index contributed by atoms with van der Waals surface area (Å²) in [5.41, 5.74) is 0. The normalized spacial score (nSPS) is 9.69. The van der Waals surface area contributed by atoms with Gasteiger partial charge in [0.2, 0.25) is 0 Å². The van der Waals surface area contributed by atoms with Gasteiger partial charge in [0.15, 0.2) is 11.0 Å². The highest BCUT2D eigenvalue weighted by Gasteiger charge is 2.05. The Labute approximate surface area is 80.1 Å². The molecule has 0 saturated heterocycles. The highest BCUT2D eigenvalue weighted by Crippen LogP contribution is 2.13. The van der Waals surface area contributed by atoms with Crippen LogP contribution in [-0.4, -0.2) is 29.6 Å². The number of nitrogens with zero attached hydrogens (tertiary/aromatic N) is 2. The molecule has 1 N–H and O–H groups in total. The number of ether oxygens (including phenoxy) is 1. The third kappa shape index (κ3) is 2.96. The molecule has 0 fully saturated rings. The fraction of sp³-hybridized carbons (Fsp3) is 0.286. The number of carbonyl (C=O) groups is 1. The van der Waals surface area contributed by atoms with Gasteiger partial charge in [-0.1, -0.05) is 11.6 Å². The van der Waals surface area contributed by atoms with E-state index in [1.54, 1.807) is 0 Å². The molecule has 0 spiro atoms. The lowest BCUT2D eigenvalue weighted by Crippen LogP contribution is -2.18. The van der Waals surface area contributed by atoms with E-state index in [4.69, 9.17) is 11.6 Å². The van der Waals surface area contributed by atoms with Crippen LogP contribution in [0.4, 0.5) is 5.82 Å². The van der Waals surface area contributed by atoms with E-state index < -0.39 is 0 Å². The molecule has 0 atom stereocenters. The van der Waals surface area contributed by atoms with Gasteiger partial charge in [-0.05, 0) is 0 Å². The molecule has 0 radical (unpaired) electrons. The van der Waals surface area contributed by atoms with E-state index in [2.05, 4.69) is 20.0 Å². The maximum absolute atomic E-state index is 11.0. The molecule has 0 aliphatic carbocycles. The van der Waals surface area contributed by atoms with Crippen molar-refractivity contribution < 1.29 is 9.53 Å². The van der Waals surface area contributed by atoms with Crippen LogP contribution in [0.1, 0.15) is 0 Å². The number of anilines is 1. The van der Waals surface area contributed by atoms with E-state index >= 15 is 0 Å². The van der Waals surface area contributed by atoms with Crippen molar-refractivity contribution in [1.29, 1.82) is 0 Å². The molecule has 0 aromatic carbocycles. The van der Waals surface area contributed by atoms with Crippen molar-refractivity contribution >= 4 is 23.3 Å². The zero-order valence-corrected chi connectivity index (χ0v) is 7.71. The lowest BCUT2D eigenvalue weighted by Gasteiger charge is -2.03. The highest BCUT2D eigenvalue weighted by atomic mass is 35.5. The van der Waals surface area contributed by atoms with Crippen LogP contribution in [0.15, 0.2) is 12.4 Å². The van der Waals surface area contributed by atoms with Crippen LogP contribution in [0.5, 0.6) is 0 Å². The molecule has 1 aromatic heterocycles. The van der Waals surface area contributed by atoms with Crippen molar-refractivity contribution in [2.45, 2.75) is 0 Å². The summed E-state index contributed by atoms with van der Waals surface area (Å²) in [6.45, 7) is -0.0348. The molecule has 13 heavy (non-hydrogen) atoms. The van der Waals surface area contributed by atoms with Crippen molar-refractivity contribution in [2.75, 3.05) is 19.0 Å². The largest absolute Gasteiger partial charge is 0.375 e. The van der Waals surface area contributed by atoms with Gasteiger partial charge in [0.1, 0.15) is 6.61 Å². The smallest absolute Gasteiger partial charge is 0.251 e. The van der Waals surface area contributed by atoms with E-state index in [0.29, 0.717) is 0 Å². The van der Waals surface area contributed by atoms with Gasteiger partial charge >= 0.3 is 0 Å². The van der Waals surface area contributed by atoms with Gasteiger partial charge in [-0.3, -0.25) is 4.79 Å². The van der Waals surface area contributed by atoms with Crippen LogP contribution in [0.2, 0.25) is 5.15 Å². The Balaban J connectivity index is 2.63. The van der Waals surface area contributed by atoms with Crippen LogP contribution < -0.4 is 5.32 Å². The van der Waals surface area contributed by atoms with E-state index in [9.17, 15) is 4.79 Å². The maximum atomic E-state index is 11.0. The first-order chi connectivity index (χ1) is 6.24. The minimum Gasteiger partial charge on any atom is -0.375 e. The fourth-order valence-corrected chi connectivity index (χ4v) is 0.857. The van der Waals surface area contributed by atoms with Crippen LogP contribution in [-0.2, 0) is 9.53 Å². The third-order valence-corrected chi connectivity index (χ3v) is 1.46. The number of hydrogen-bond acceptors (Lipinski definition) is 4. The average molecular weight is 202 g/mol. The van der Waals surface area contributed by atoms with Gasteiger partial charge in [-0.2, -0.15) is 0 Å². The highest BCUT2D eigenvalue weighted by molar-refractivity contribution is 6.32. The lowest BCUT2D eigenvalue weighted by molar-refractivity contribution is -0.119. The molecule has 5 nitrogen and oxygen atoms in total. The van der Waals surface area contributed by atoms with E-state index in [-0.39, 0.29) is 23.5 Å². The number of carbonyl (C=O) groups excluding carboxylic acids is 1. The summed E-state index contributed by atoms with van der Waals surface area (Å²) < 4.78 is 4.61. The number of aromatic nitrogens is 2. The fourth-order valence-electron chi connectivity index (χ4n) is 0.704. The summed E-state index contributed by atoms with van der Waals surface area (Å²) >= 11 is 5.64. The number of hydrogen-bond donors (Lipinski definition) is 1. The number of rotatable bonds is 3. The van der Waals surface area contributed by atoms with E-state index in [1.165, 1.54) is 19.5 Å². The Morgan fingerprint density at radius 2 is 2.31 bits per heavy atom. The summed E-state index contributed by atoms with van der Waals surface area (Å²) in [5, 5.41) is 2.60. The predicted molar refractivity (Wildman–Crippen MR) is 47.5 cm³/mol. The number of nitrogens with one attached hydrogen (secondary N) is 1. The quantitative estimate of drug-likeness (QED) is 0.783. The van der Waals surface area contributed by atoms with Gasteiger partial charge in [0.05, 0.1) is 0 Å². The second-order valence-electron chi connectivity index (χ2n) is 2.18. The molecule has 1 amide bonds. The Morgan fingerprint density at radius 1 is 1.62 bits per heavy atom. The SMILES string of the molecule is COCC(=O)Nc1nccnc1Cl. The molecule has 1 aromatic rings. The van der Waals surface area contributed by atoms with Gasteiger partial charge in [-0.15, -0.1) is 0 Å². The molecular formula is C7H8ClN3O2. The van der Waals surface area contributed by atoms with E-state index in [0.717, 1.165) is 0 Å². The molecule has 1 rings (SSSR count). The Hall–Kier alpha value is -1.20. The van der Waals surface area contributed by atoms with Crippen molar-refractivity contribution in [3.63, 3.8) is 0 Å². The summed E-state index contributed by atoms with van der Waals surface area (Å²) in [5.74, 6) is -0.0730. The molecule has 0 unspecified atom stereocenters. The molecule has 0 saturated carbocycles. The summed E-state index contributed by atoms with van der Waals surface area (Å²) in [4.78, 5) is 18.6. The van der Waals surface area contributed by atoms with Gasteiger partial charge < -0.3 is 10.1 Å². The Morgan fingerprint density at radius 3 is 2.92 bits per heavy atom. The molecular weight excluding hydrogens is 194 g/mol. The molecule has 70 valence electrons. The maximum Gasteiger partial charge on any atom is 0.251 e. The topological polar surface area (TPSA) is 64.1 Å². The monoisotopic (exact) mass is 201 g/mol. The molecule has 6 heteroatoms. The Bertz CT molecular complexity index is 306. The summed E-state index contributed by atoms with van der Waals surface area (Å²) in [6, 6.07) is 0. The molecule has 1 heterocycles. The summed E-state index contributed by atoms with van der Waals surface area (Å²) in [7, 11) is 1.43. The zero-order chi connectivity index (χ0) is 9.68. The van der Waals surface area contributed by atoms with Crippen molar-refractivity contribution in [3.8, 4) is 0 Å². The molecule has 0 bridgehead atoms. The molecule has 0 aliphatic heterocycles. The van der Waals surface area contributed by atoms with Crippen molar-refractivity contribution in [3.05, 3.63) is 17.5 Å². The zero-order valence-electron chi connectivity index (χ0n) is 6.95. The first-order valence-electron chi connectivity index (χ1n) is 3.49.